The van der Waals surface area contributed by atoms with Crippen molar-refractivity contribution in [3.8, 4) is 17.4 Å². The minimum absolute atomic E-state index is 0.0172. The lowest BCUT2D eigenvalue weighted by molar-refractivity contribution is -0.140. The highest BCUT2D eigenvalue weighted by Crippen LogP contribution is 2.57. The lowest BCUT2D eigenvalue weighted by Crippen LogP contribution is -2.52. The Balaban J connectivity index is 1.23. The number of sulfonamides is 1. The van der Waals surface area contributed by atoms with Crippen LogP contribution in [-0.2, 0) is 31.5 Å². The maximum Gasteiger partial charge on any atom is 0.272 e. The maximum absolute atomic E-state index is 14.7. The quantitative estimate of drug-likeness (QED) is 0.278. The zero-order chi connectivity index (χ0) is 40.7. The number of rotatable bonds is 10. The van der Waals surface area contributed by atoms with E-state index < -0.39 is 56.1 Å². The summed E-state index contributed by atoms with van der Waals surface area (Å²) in [6, 6.07) is 4.93. The molecule has 2 aliphatic heterocycles. The lowest BCUT2D eigenvalue weighted by Gasteiger charge is -2.29. The number of ether oxygens (including phenoxy) is 3. The molecule has 306 valence electrons. The number of pyridine rings is 1. The summed E-state index contributed by atoms with van der Waals surface area (Å²) >= 11 is 0. The Morgan fingerprint density at radius 2 is 1.88 bits per heavy atom. The van der Waals surface area contributed by atoms with Crippen LogP contribution in [0.4, 0.5) is 0 Å². The summed E-state index contributed by atoms with van der Waals surface area (Å²) in [4.78, 5) is 63.0. The monoisotopic (exact) mass is 804 g/mol. The van der Waals surface area contributed by atoms with Gasteiger partial charge in [0.1, 0.15) is 29.3 Å². The van der Waals surface area contributed by atoms with Gasteiger partial charge in [0, 0.05) is 43.1 Å². The molecule has 3 fully saturated rings. The summed E-state index contributed by atoms with van der Waals surface area (Å²) in [6.45, 7) is 5.73. The first-order valence-electron chi connectivity index (χ1n) is 19.8. The summed E-state index contributed by atoms with van der Waals surface area (Å²) < 4.78 is 47.3. The Morgan fingerprint density at radius 3 is 2.58 bits per heavy atom. The van der Waals surface area contributed by atoms with Crippen molar-refractivity contribution in [2.24, 2.45) is 18.4 Å². The van der Waals surface area contributed by atoms with Gasteiger partial charge in [0.2, 0.25) is 27.7 Å². The minimum atomic E-state index is -3.96. The molecule has 2 N–H and O–H groups in total. The molecule has 4 aliphatic rings. The van der Waals surface area contributed by atoms with Gasteiger partial charge < -0.3 is 24.4 Å². The Bertz CT molecular complexity index is 2220. The first kappa shape index (κ1) is 40.2. The van der Waals surface area contributed by atoms with Crippen LogP contribution in [0.5, 0.6) is 17.4 Å². The van der Waals surface area contributed by atoms with Crippen LogP contribution in [-0.4, -0.2) is 94.8 Å². The van der Waals surface area contributed by atoms with E-state index in [4.69, 9.17) is 19.2 Å². The van der Waals surface area contributed by atoms with Crippen molar-refractivity contribution >= 4 is 44.4 Å². The molecule has 4 heterocycles. The molecule has 2 aromatic heterocycles. The van der Waals surface area contributed by atoms with E-state index in [1.165, 1.54) is 9.58 Å². The second-order valence-electron chi connectivity index (χ2n) is 16.1. The van der Waals surface area contributed by atoms with Crippen molar-refractivity contribution in [1.29, 1.82) is 0 Å². The Morgan fingerprint density at radius 1 is 1.09 bits per heavy atom. The molecule has 0 radical (unpaired) electrons. The van der Waals surface area contributed by atoms with Crippen LogP contribution in [0, 0.1) is 18.3 Å². The molecule has 1 saturated heterocycles. The Kier molecular flexibility index (Phi) is 11.1. The number of nitrogens with zero attached hydrogens (tertiary/aromatic N) is 4. The van der Waals surface area contributed by atoms with Crippen molar-refractivity contribution in [2.45, 2.75) is 108 Å². The largest absolute Gasteiger partial charge is 0.496 e. The third kappa shape index (κ3) is 8.10. The van der Waals surface area contributed by atoms with Gasteiger partial charge in [0.15, 0.2) is 5.78 Å². The smallest absolute Gasteiger partial charge is 0.272 e. The van der Waals surface area contributed by atoms with Gasteiger partial charge in [-0.15, -0.1) is 0 Å². The fourth-order valence-electron chi connectivity index (χ4n) is 8.13. The van der Waals surface area contributed by atoms with Gasteiger partial charge >= 0.3 is 0 Å². The number of Topliss-reactive ketones (excluding diaryl/α,β-unsaturated/α-hetero) is 1. The predicted octanol–water partition coefficient (Wildman–Crippen LogP) is 4.32. The highest BCUT2D eigenvalue weighted by molar-refractivity contribution is 7.91. The summed E-state index contributed by atoms with van der Waals surface area (Å²) in [6.07, 6.45) is 9.20. The summed E-state index contributed by atoms with van der Waals surface area (Å²) in [5, 5.41) is 7.79. The van der Waals surface area contributed by atoms with E-state index in [9.17, 15) is 27.6 Å². The van der Waals surface area contributed by atoms with Crippen LogP contribution in [0.1, 0.15) is 94.1 Å². The Labute approximate surface area is 332 Å². The number of carbonyl (C=O) groups is 4. The van der Waals surface area contributed by atoms with Crippen LogP contribution in [0.25, 0.3) is 10.9 Å². The van der Waals surface area contributed by atoms with E-state index in [1.807, 2.05) is 38.1 Å². The van der Waals surface area contributed by atoms with E-state index in [1.54, 1.807) is 39.4 Å². The molecular formula is C41H52N6O9S. The molecule has 1 aromatic carbocycles. The topological polar surface area (TPSA) is 188 Å². The van der Waals surface area contributed by atoms with Gasteiger partial charge in [-0.1, -0.05) is 25.0 Å². The number of nitrogens with one attached hydrogen (secondary N) is 2. The van der Waals surface area contributed by atoms with Gasteiger partial charge in [-0.25, -0.2) is 13.4 Å². The normalized spacial score (nSPS) is 26.6. The van der Waals surface area contributed by atoms with Crippen LogP contribution >= 0.6 is 0 Å². The molecule has 57 heavy (non-hydrogen) atoms. The van der Waals surface area contributed by atoms with Gasteiger partial charge in [0.05, 0.1) is 42.0 Å². The summed E-state index contributed by atoms with van der Waals surface area (Å²) in [5.74, 6) is -0.932. The highest BCUT2D eigenvalue weighted by Gasteiger charge is 2.62. The fraction of sp³-hybridized carbons (Fsp3) is 0.561. The third-order valence-corrected chi connectivity index (χ3v) is 14.2. The number of fused-ring (bicyclic) bond motifs is 3. The molecular weight excluding hydrogens is 753 g/mol. The first-order chi connectivity index (χ1) is 27.2. The zero-order valence-electron chi connectivity index (χ0n) is 33.2. The zero-order valence-corrected chi connectivity index (χ0v) is 34.0. The number of aryl methyl sites for hydroxylation is 2. The van der Waals surface area contributed by atoms with Crippen LogP contribution < -0.4 is 24.2 Å². The number of hydrogen-bond acceptors (Lipinski definition) is 11. The van der Waals surface area contributed by atoms with Crippen molar-refractivity contribution < 1.29 is 41.8 Å². The number of ketones is 1. The molecule has 3 aromatic rings. The minimum Gasteiger partial charge on any atom is -0.496 e. The average molecular weight is 805 g/mol. The van der Waals surface area contributed by atoms with Crippen LogP contribution in [0.15, 0.2) is 42.6 Å². The summed E-state index contributed by atoms with van der Waals surface area (Å²) in [5.41, 5.74) is 0.275. The number of hydrogen-bond donors (Lipinski definition) is 2. The highest BCUT2D eigenvalue weighted by atomic mass is 32.2. The standard InChI is InChI=1S/C41H52N6O9S/c1-6-55-35-21-34(28-14-15-33(54-5)25(2)36(28)43-35)56-27-20-31-32(48)23-41(39(51)45-57(52,53)40(3)17-18-40)22-26(41)12-10-8-7-9-11-13-30(38(50)47(31)24-27)42-37(49)29-16-19-46(4)44-29/h10,12,14-16,19,21,26-27,30-31H,6-9,11,13,17-18,20,22-24H2,1-5H3,(H,42,49)(H,45,51)/b12-10-/t26-,27-,30+,31+,41-/m1/s1. The predicted molar refractivity (Wildman–Crippen MR) is 210 cm³/mol. The molecule has 5 atom stereocenters. The van der Waals surface area contributed by atoms with Crippen molar-refractivity contribution in [2.75, 3.05) is 20.3 Å². The average Bonchev–Trinajstić information content (AvgIpc) is 3.97. The first-order valence-corrected chi connectivity index (χ1v) is 21.3. The third-order valence-electron chi connectivity index (χ3n) is 12.0. The number of aromatic nitrogens is 3. The van der Waals surface area contributed by atoms with E-state index in [2.05, 4.69) is 15.1 Å². The van der Waals surface area contributed by atoms with Crippen molar-refractivity contribution in [1.82, 2.24) is 29.7 Å². The van der Waals surface area contributed by atoms with Crippen LogP contribution in [0.2, 0.25) is 0 Å². The molecule has 2 saturated carbocycles. The number of allylic oxidation sites excluding steroid dienone is 2. The Hall–Kier alpha value is -4.99. The maximum atomic E-state index is 14.7. The summed E-state index contributed by atoms with van der Waals surface area (Å²) in [7, 11) is -0.686. The number of carbonyl (C=O) groups excluding carboxylic acids is 4. The van der Waals surface area contributed by atoms with Crippen molar-refractivity contribution in [3.63, 3.8) is 0 Å². The van der Waals surface area contributed by atoms with E-state index >= 15 is 0 Å². The number of benzene rings is 1. The van der Waals surface area contributed by atoms with Gasteiger partial charge in [-0.2, -0.15) is 5.10 Å². The molecule has 3 amide bonds. The van der Waals surface area contributed by atoms with Gasteiger partial charge in [-0.3, -0.25) is 28.6 Å². The number of amides is 3. The fourth-order valence-corrected chi connectivity index (χ4v) is 9.47. The molecule has 0 unspecified atom stereocenters. The second kappa shape index (κ2) is 15.7. The van der Waals surface area contributed by atoms with E-state index in [0.29, 0.717) is 73.4 Å². The van der Waals surface area contributed by atoms with Gasteiger partial charge in [-0.05, 0) is 83.4 Å². The number of methoxy groups -OCH3 is 1. The molecule has 16 heteroatoms. The van der Waals surface area contributed by atoms with Gasteiger partial charge in [0.25, 0.3) is 5.91 Å². The van der Waals surface area contributed by atoms with Crippen LogP contribution in [0.3, 0.4) is 0 Å². The molecule has 15 nitrogen and oxygen atoms in total. The molecule has 7 rings (SSSR count). The molecule has 0 spiro atoms. The molecule has 0 bridgehead atoms. The van der Waals surface area contributed by atoms with Crippen molar-refractivity contribution in [3.05, 3.63) is 53.9 Å². The second-order valence-corrected chi connectivity index (χ2v) is 18.3. The van der Waals surface area contributed by atoms with E-state index in [0.717, 1.165) is 18.4 Å². The van der Waals surface area contributed by atoms with E-state index in [-0.39, 0.29) is 36.8 Å². The lowest BCUT2D eigenvalue weighted by atomic mass is 9.91. The SMILES string of the molecule is CCOc1cc(O[C@@H]2C[C@H]3C(=O)C[C@]4(C(=O)NS(=O)(=O)C5(C)CC5)C[C@H]4/C=C\CCCCC[C@H](NC(=O)c4ccn(C)n4)C(=O)N3C2)c2ccc(OC)c(C)c2n1. The molecule has 2 aliphatic carbocycles.